The zero-order chi connectivity index (χ0) is 24.4. The molecule has 10 heteroatoms. The Labute approximate surface area is 206 Å². The summed E-state index contributed by atoms with van der Waals surface area (Å²) >= 11 is 0. The quantitative estimate of drug-likeness (QED) is 0.253. The van der Waals surface area contributed by atoms with Crippen LogP contribution in [0.2, 0.25) is 0 Å². The molecule has 3 heterocycles. The molecule has 10 nitrogen and oxygen atoms in total. The van der Waals surface area contributed by atoms with Gasteiger partial charge >= 0.3 is 5.97 Å². The molecule has 3 aliphatic heterocycles. The van der Waals surface area contributed by atoms with Crippen LogP contribution in [0.3, 0.4) is 0 Å². The molecule has 0 radical (unpaired) electrons. The zero-order valence-corrected chi connectivity index (χ0v) is 20.4. The third kappa shape index (κ3) is 5.32. The van der Waals surface area contributed by atoms with Crippen LogP contribution in [0.4, 0.5) is 0 Å². The van der Waals surface area contributed by atoms with Gasteiger partial charge in [0, 0.05) is 12.0 Å². The molecule has 0 aromatic carbocycles. The normalized spacial score (nSPS) is 39.2. The average molecular weight is 488 g/mol. The fourth-order valence-electron chi connectivity index (χ4n) is 6.29. The van der Waals surface area contributed by atoms with Gasteiger partial charge < -0.3 is 25.4 Å². The summed E-state index contributed by atoms with van der Waals surface area (Å²) < 4.78 is 11.5. The van der Waals surface area contributed by atoms with Crippen LogP contribution in [0.25, 0.3) is 0 Å². The van der Waals surface area contributed by atoms with Crippen molar-refractivity contribution in [3.05, 3.63) is 11.8 Å². The summed E-state index contributed by atoms with van der Waals surface area (Å²) in [6.45, 7) is 2.28. The lowest BCUT2D eigenvalue weighted by molar-refractivity contribution is -0.149. The van der Waals surface area contributed by atoms with Gasteiger partial charge in [0.25, 0.3) is 11.8 Å². The lowest BCUT2D eigenvalue weighted by Crippen LogP contribution is -2.44. The predicted octanol–water partition coefficient (Wildman–Crippen LogP) is 1.42. The van der Waals surface area contributed by atoms with Crippen LogP contribution in [0.5, 0.6) is 0 Å². The first-order chi connectivity index (χ1) is 17.0. The first kappa shape index (κ1) is 24.1. The van der Waals surface area contributed by atoms with E-state index in [1.165, 1.54) is 0 Å². The van der Waals surface area contributed by atoms with Gasteiger partial charge in [-0.2, -0.15) is 5.10 Å². The van der Waals surface area contributed by atoms with Gasteiger partial charge in [-0.05, 0) is 70.3 Å². The Hall–Kier alpha value is -2.62. The second-order valence-electron chi connectivity index (χ2n) is 10.4. The summed E-state index contributed by atoms with van der Waals surface area (Å²) in [5.41, 5.74) is 3.91. The van der Waals surface area contributed by atoms with E-state index in [0.29, 0.717) is 23.9 Å². The Morgan fingerprint density at radius 1 is 1.03 bits per heavy atom. The molecule has 5 atom stereocenters. The summed E-state index contributed by atoms with van der Waals surface area (Å²) in [5, 5.41) is 13.3. The molecule has 0 aromatic rings. The maximum Gasteiger partial charge on any atom is 0.308 e. The van der Waals surface area contributed by atoms with Crippen molar-refractivity contribution in [1.29, 1.82) is 0 Å². The predicted molar refractivity (Wildman–Crippen MR) is 128 cm³/mol. The van der Waals surface area contributed by atoms with Crippen LogP contribution in [-0.4, -0.2) is 54.6 Å². The average Bonchev–Trinajstić information content (AvgIpc) is 3.55. The van der Waals surface area contributed by atoms with Crippen LogP contribution in [0.1, 0.15) is 71.1 Å². The molecule has 5 fully saturated rings. The maximum atomic E-state index is 12.5. The molecule has 5 unspecified atom stereocenters. The van der Waals surface area contributed by atoms with Crippen LogP contribution < -0.4 is 21.4 Å². The Balaban J connectivity index is 1.11. The Morgan fingerprint density at radius 3 is 2.63 bits per heavy atom. The minimum absolute atomic E-state index is 0.0178. The highest BCUT2D eigenvalue weighted by Crippen LogP contribution is 2.38. The minimum Gasteiger partial charge on any atom is -0.466 e. The molecule has 3 saturated heterocycles. The number of nitrogens with zero attached hydrogens (tertiary/aromatic N) is 1. The summed E-state index contributed by atoms with van der Waals surface area (Å²) in [7, 11) is 0. The molecule has 2 amide bonds. The molecule has 192 valence electrons. The van der Waals surface area contributed by atoms with Gasteiger partial charge in [0.2, 0.25) is 0 Å². The van der Waals surface area contributed by atoms with E-state index in [0.717, 1.165) is 64.2 Å². The first-order valence-electron chi connectivity index (χ1n) is 13.3. The smallest absolute Gasteiger partial charge is 0.308 e. The summed E-state index contributed by atoms with van der Waals surface area (Å²) in [6, 6.07) is 0.186. The summed E-state index contributed by atoms with van der Waals surface area (Å²) in [6.07, 6.45) is 11.0. The van der Waals surface area contributed by atoms with Crippen LogP contribution in [0, 0.1) is 17.8 Å². The van der Waals surface area contributed by atoms with Crippen molar-refractivity contribution in [2.45, 2.75) is 95.7 Å². The van der Waals surface area contributed by atoms with E-state index >= 15 is 0 Å². The number of hydrogen-bond donors (Lipinski definition) is 4. The molecule has 0 bridgehead atoms. The monoisotopic (exact) mass is 487 g/mol. The highest BCUT2D eigenvalue weighted by Gasteiger charge is 2.41. The van der Waals surface area contributed by atoms with Crippen molar-refractivity contribution in [1.82, 2.24) is 21.4 Å². The molecule has 5 rings (SSSR count). The van der Waals surface area contributed by atoms with E-state index in [1.54, 1.807) is 0 Å². The number of amides is 2. The highest BCUT2D eigenvalue weighted by molar-refractivity contribution is 6.41. The van der Waals surface area contributed by atoms with Crippen LogP contribution >= 0.6 is 0 Å². The molecule has 0 spiro atoms. The molecule has 4 N–H and O–H groups in total. The highest BCUT2D eigenvalue weighted by atomic mass is 16.5. The summed E-state index contributed by atoms with van der Waals surface area (Å²) in [4.78, 5) is 36.8. The van der Waals surface area contributed by atoms with Crippen molar-refractivity contribution in [2.24, 2.45) is 22.9 Å². The first-order valence-corrected chi connectivity index (χ1v) is 13.3. The van der Waals surface area contributed by atoms with Crippen molar-refractivity contribution in [2.75, 3.05) is 6.61 Å². The number of fused-ring (bicyclic) bond motifs is 1. The standard InChI is InChI=1S/C25H37N5O5/c1-2-34-24(33)15-9-7-14(8-10-15)20-12-11-16(35-20)13-19-22(31)28-25(27-19)30-29-21-17-5-3-4-6-18(17)26-23(21)32/h13-18,20,25,27,30H,2-12H2,1H3,(H,26,32)(H,28,31)/b19-13-,29-21-. The number of carbonyl (C=O) groups is 3. The molecule has 2 aliphatic carbocycles. The van der Waals surface area contributed by atoms with Crippen molar-refractivity contribution in [3.63, 3.8) is 0 Å². The molecular weight excluding hydrogens is 450 g/mol. The molecule has 0 aromatic heterocycles. The van der Waals surface area contributed by atoms with Gasteiger partial charge in [-0.15, -0.1) is 0 Å². The van der Waals surface area contributed by atoms with E-state index in [9.17, 15) is 14.4 Å². The molecule has 5 aliphatic rings. The van der Waals surface area contributed by atoms with E-state index in [-0.39, 0.29) is 47.9 Å². The van der Waals surface area contributed by atoms with E-state index in [2.05, 4.69) is 26.5 Å². The Morgan fingerprint density at radius 2 is 1.83 bits per heavy atom. The SMILES string of the molecule is CCOC(=O)C1CCC(C2CCC(/C=C3\NC(N/N=C4\C(=O)NC5CCCCC45)NC3=O)O2)CC1. The fraction of sp³-hybridized carbons (Fsp3) is 0.760. The number of rotatable bonds is 6. The van der Waals surface area contributed by atoms with Gasteiger partial charge in [0.05, 0.1) is 24.7 Å². The number of esters is 1. The Bertz CT molecular complexity index is 897. The minimum atomic E-state index is -0.563. The van der Waals surface area contributed by atoms with Gasteiger partial charge in [-0.25, -0.2) is 0 Å². The van der Waals surface area contributed by atoms with Gasteiger partial charge in [-0.3, -0.25) is 19.8 Å². The van der Waals surface area contributed by atoms with Crippen LogP contribution in [0.15, 0.2) is 16.9 Å². The Kier molecular flexibility index (Phi) is 7.27. The topological polar surface area (TPSA) is 130 Å². The van der Waals surface area contributed by atoms with Gasteiger partial charge in [0.15, 0.2) is 6.29 Å². The second-order valence-corrected chi connectivity index (χ2v) is 10.4. The number of hydrogen-bond acceptors (Lipinski definition) is 8. The number of nitrogens with one attached hydrogen (secondary N) is 4. The molecule has 2 saturated carbocycles. The largest absolute Gasteiger partial charge is 0.466 e. The van der Waals surface area contributed by atoms with E-state index in [4.69, 9.17) is 9.47 Å². The number of hydrazone groups is 1. The third-order valence-electron chi connectivity index (χ3n) is 8.16. The lowest BCUT2D eigenvalue weighted by Gasteiger charge is -2.30. The van der Waals surface area contributed by atoms with Gasteiger partial charge in [0.1, 0.15) is 11.4 Å². The zero-order valence-electron chi connectivity index (χ0n) is 20.4. The third-order valence-corrected chi connectivity index (χ3v) is 8.16. The fourth-order valence-corrected chi connectivity index (χ4v) is 6.29. The van der Waals surface area contributed by atoms with Crippen molar-refractivity contribution in [3.8, 4) is 0 Å². The summed E-state index contributed by atoms with van der Waals surface area (Å²) in [5.74, 6) is 0.212. The number of carbonyl (C=O) groups excluding carboxylic acids is 3. The van der Waals surface area contributed by atoms with Gasteiger partial charge in [-0.1, -0.05) is 12.8 Å². The second kappa shape index (κ2) is 10.6. The van der Waals surface area contributed by atoms with Crippen molar-refractivity contribution < 1.29 is 23.9 Å². The molecule has 35 heavy (non-hydrogen) atoms. The van der Waals surface area contributed by atoms with E-state index in [1.807, 2.05) is 13.0 Å². The molecular formula is C25H37N5O5. The number of ether oxygens (including phenoxy) is 2. The lowest BCUT2D eigenvalue weighted by atomic mass is 9.79. The van der Waals surface area contributed by atoms with Crippen LogP contribution in [-0.2, 0) is 23.9 Å². The van der Waals surface area contributed by atoms with E-state index < -0.39 is 6.29 Å². The maximum absolute atomic E-state index is 12.5. The van der Waals surface area contributed by atoms with Crippen molar-refractivity contribution >= 4 is 23.5 Å².